The van der Waals surface area contributed by atoms with Crippen molar-refractivity contribution in [3.63, 3.8) is 0 Å². The van der Waals surface area contributed by atoms with Crippen LogP contribution in [0.1, 0.15) is 67.9 Å². The van der Waals surface area contributed by atoms with Crippen LogP contribution in [-0.4, -0.2) is 23.0 Å². The molecule has 0 amide bonds. The van der Waals surface area contributed by atoms with Gasteiger partial charge >= 0.3 is 0 Å². The Hall–Kier alpha value is -0.129. The first kappa shape index (κ1) is 22.9. The van der Waals surface area contributed by atoms with Gasteiger partial charge in [-0.25, -0.2) is 0 Å². The van der Waals surface area contributed by atoms with Crippen molar-refractivity contribution in [1.82, 2.24) is 0 Å². The molecule has 0 aromatic heterocycles. The molecule has 0 N–H and O–H groups in total. The third kappa shape index (κ3) is 4.59. The van der Waals surface area contributed by atoms with E-state index in [-0.39, 0.29) is 5.41 Å². The monoisotopic (exact) mass is 391 g/mol. The highest BCUT2D eigenvalue weighted by atomic mass is 29.6. The van der Waals surface area contributed by atoms with E-state index in [4.69, 9.17) is 0 Å². The Morgan fingerprint density at radius 2 is 0.920 bits per heavy atom. The quantitative estimate of drug-likeness (QED) is 0.494. The van der Waals surface area contributed by atoms with Crippen molar-refractivity contribution in [2.75, 3.05) is 0 Å². The molecule has 0 nitrogen and oxygen atoms in total. The van der Waals surface area contributed by atoms with Gasteiger partial charge in [-0.2, -0.15) is 0 Å². The lowest BCUT2D eigenvalue weighted by molar-refractivity contribution is 0.590. The standard InChI is InChI=1S/C22H43Si3/c1-20(2,3)18-14-16-19(17-15-18)23(24(10,11)21(4,5)6)25(12,13)22(7,8)9/h14-17H,1-13H3. The highest BCUT2D eigenvalue weighted by molar-refractivity contribution is 7.65. The second-order valence-corrected chi connectivity index (χ2v) is 34.8. The average molecular weight is 392 g/mol. The van der Waals surface area contributed by atoms with E-state index >= 15 is 0 Å². The summed E-state index contributed by atoms with van der Waals surface area (Å²) in [5.41, 5.74) is 1.70. The molecule has 25 heavy (non-hydrogen) atoms. The summed E-state index contributed by atoms with van der Waals surface area (Å²) >= 11 is 0. The summed E-state index contributed by atoms with van der Waals surface area (Å²) in [5, 5.41) is 2.59. The van der Waals surface area contributed by atoms with Crippen LogP contribution < -0.4 is 5.19 Å². The van der Waals surface area contributed by atoms with Gasteiger partial charge in [0.25, 0.3) is 0 Å². The number of hydrogen-bond acceptors (Lipinski definition) is 0. The Labute approximate surface area is 162 Å². The molecule has 0 unspecified atom stereocenters. The summed E-state index contributed by atoms with van der Waals surface area (Å²) in [4.78, 5) is 0. The molecule has 0 bridgehead atoms. The maximum Gasteiger partial charge on any atom is 0.0712 e. The molecule has 0 fully saturated rings. The van der Waals surface area contributed by atoms with Gasteiger partial charge in [-0.05, 0) is 21.1 Å². The van der Waals surface area contributed by atoms with Crippen molar-refractivity contribution in [3.05, 3.63) is 29.8 Å². The van der Waals surface area contributed by atoms with Crippen LogP contribution in [0.2, 0.25) is 36.3 Å². The second kappa shape index (κ2) is 6.79. The topological polar surface area (TPSA) is 0 Å². The number of rotatable bonds is 3. The van der Waals surface area contributed by atoms with Crippen LogP contribution in [-0.2, 0) is 5.41 Å². The summed E-state index contributed by atoms with van der Waals surface area (Å²) in [5.74, 6) is 0. The predicted molar refractivity (Wildman–Crippen MR) is 125 cm³/mol. The van der Waals surface area contributed by atoms with Crippen molar-refractivity contribution < 1.29 is 0 Å². The maximum atomic E-state index is 2.68. The van der Waals surface area contributed by atoms with Gasteiger partial charge in [-0.1, -0.05) is 118 Å². The molecule has 0 atom stereocenters. The van der Waals surface area contributed by atoms with E-state index in [1.807, 2.05) is 0 Å². The van der Waals surface area contributed by atoms with Crippen molar-refractivity contribution in [2.45, 2.75) is 104 Å². The van der Waals surface area contributed by atoms with E-state index in [9.17, 15) is 0 Å². The molecule has 1 rings (SSSR count). The van der Waals surface area contributed by atoms with Crippen LogP contribution in [0.3, 0.4) is 0 Å². The van der Waals surface area contributed by atoms with Gasteiger partial charge in [0.2, 0.25) is 0 Å². The van der Waals surface area contributed by atoms with Gasteiger partial charge in [0.05, 0.1) is 7.83 Å². The lowest BCUT2D eigenvalue weighted by atomic mass is 9.87. The maximum absolute atomic E-state index is 2.68. The van der Waals surface area contributed by atoms with Crippen LogP contribution in [0.5, 0.6) is 0 Å². The molecule has 0 spiro atoms. The van der Waals surface area contributed by atoms with E-state index in [2.05, 4.69) is 113 Å². The fourth-order valence-corrected chi connectivity index (χ4v) is 43.7. The van der Waals surface area contributed by atoms with Crippen LogP contribution in [0, 0.1) is 0 Å². The minimum absolute atomic E-state index is 0.235. The molecule has 0 saturated heterocycles. The zero-order valence-electron chi connectivity index (χ0n) is 19.3. The normalized spacial score (nSPS) is 15.0. The lowest BCUT2D eigenvalue weighted by Gasteiger charge is -2.53. The summed E-state index contributed by atoms with van der Waals surface area (Å²) in [7, 11) is -3.41. The fraction of sp³-hybridized carbons (Fsp3) is 0.727. The summed E-state index contributed by atoms with van der Waals surface area (Å²) in [6, 6.07) is 9.85. The second-order valence-electron chi connectivity index (χ2n) is 12.0. The van der Waals surface area contributed by atoms with E-state index in [1.165, 1.54) is 5.56 Å². The van der Waals surface area contributed by atoms with Gasteiger partial charge in [-0.15, -0.1) is 0 Å². The zero-order chi connectivity index (χ0) is 20.1. The van der Waals surface area contributed by atoms with E-state index < -0.39 is 23.0 Å². The van der Waals surface area contributed by atoms with Crippen molar-refractivity contribution >= 4 is 28.2 Å². The molecular weight excluding hydrogens is 349 g/mol. The molecule has 0 aliphatic heterocycles. The van der Waals surface area contributed by atoms with Crippen LogP contribution in [0.25, 0.3) is 0 Å². The van der Waals surface area contributed by atoms with E-state index in [0.717, 1.165) is 0 Å². The van der Waals surface area contributed by atoms with E-state index in [0.29, 0.717) is 10.1 Å². The molecule has 0 saturated carbocycles. The largest absolute Gasteiger partial charge is 0.0712 e. The minimum atomic E-state index is -1.42. The fourth-order valence-electron chi connectivity index (χ4n) is 3.39. The van der Waals surface area contributed by atoms with Crippen LogP contribution >= 0.6 is 0 Å². The third-order valence-electron chi connectivity index (χ3n) is 7.04. The molecule has 3 heteroatoms. The molecule has 0 heterocycles. The third-order valence-corrected chi connectivity index (χ3v) is 42.9. The highest BCUT2D eigenvalue weighted by Crippen LogP contribution is 2.46. The molecule has 1 aromatic rings. The van der Waals surface area contributed by atoms with Crippen molar-refractivity contribution in [3.8, 4) is 0 Å². The zero-order valence-corrected chi connectivity index (χ0v) is 22.3. The Kier molecular flexibility index (Phi) is 6.23. The van der Waals surface area contributed by atoms with Crippen molar-refractivity contribution in [1.29, 1.82) is 0 Å². The van der Waals surface area contributed by atoms with Gasteiger partial charge in [-0.3, -0.25) is 0 Å². The minimum Gasteiger partial charge on any atom is -0.0710 e. The Balaban J connectivity index is 3.59. The van der Waals surface area contributed by atoms with Gasteiger partial charge in [0.1, 0.15) is 0 Å². The van der Waals surface area contributed by atoms with Crippen LogP contribution in [0.15, 0.2) is 24.3 Å². The number of hydrogen-bond donors (Lipinski definition) is 0. The smallest absolute Gasteiger partial charge is 0.0710 e. The molecule has 143 valence electrons. The molecule has 0 aliphatic rings. The first-order chi connectivity index (χ1) is 10.8. The summed E-state index contributed by atoms with van der Waals surface area (Å²) < 4.78 is 0. The molecule has 1 radical (unpaired) electrons. The Morgan fingerprint density at radius 1 is 0.600 bits per heavy atom. The Morgan fingerprint density at radius 3 is 1.16 bits per heavy atom. The first-order valence-electron chi connectivity index (χ1n) is 9.82. The number of benzene rings is 1. The molecule has 1 aromatic carbocycles. The van der Waals surface area contributed by atoms with Gasteiger partial charge in [0.15, 0.2) is 0 Å². The van der Waals surface area contributed by atoms with Gasteiger partial charge < -0.3 is 0 Å². The SMILES string of the molecule is CC(C)(C)c1ccc([Si]([Si](C)(C)C(C)(C)C)[Si](C)(C)C(C)(C)C)cc1. The summed E-state index contributed by atoms with van der Waals surface area (Å²) in [6.07, 6.45) is 0. The molecule has 0 aliphatic carbocycles. The van der Waals surface area contributed by atoms with Crippen molar-refractivity contribution in [2.24, 2.45) is 0 Å². The lowest BCUT2D eigenvalue weighted by Crippen LogP contribution is -2.73. The molecular formula is C22H43Si3. The van der Waals surface area contributed by atoms with E-state index in [1.54, 1.807) is 5.19 Å². The Bertz CT molecular complexity index is 550. The summed E-state index contributed by atoms with van der Waals surface area (Å²) in [6.45, 7) is 32.7. The highest BCUT2D eigenvalue weighted by Gasteiger charge is 2.55. The first-order valence-corrected chi connectivity index (χ1v) is 19.3. The van der Waals surface area contributed by atoms with Gasteiger partial charge in [0, 0.05) is 15.2 Å². The predicted octanol–water partition coefficient (Wildman–Crippen LogP) is 6.86. The van der Waals surface area contributed by atoms with Crippen LogP contribution in [0.4, 0.5) is 0 Å². The average Bonchev–Trinajstić information content (AvgIpc) is 2.34.